The summed E-state index contributed by atoms with van der Waals surface area (Å²) < 4.78 is 6.54. The molecule has 0 saturated carbocycles. The normalized spacial score (nSPS) is 10.5. The Labute approximate surface area is 104 Å². The van der Waals surface area contributed by atoms with E-state index in [1.165, 1.54) is 11.8 Å². The van der Waals surface area contributed by atoms with Crippen LogP contribution < -0.4 is 5.32 Å². The number of hydrogen-bond acceptors (Lipinski definition) is 6. The zero-order valence-electron chi connectivity index (χ0n) is 10.0. The van der Waals surface area contributed by atoms with Crippen molar-refractivity contribution in [1.29, 1.82) is 0 Å². The van der Waals surface area contributed by atoms with Gasteiger partial charge in [0.15, 0.2) is 0 Å². The highest BCUT2D eigenvalue weighted by atomic mass is 32.2. The first-order valence-electron chi connectivity index (χ1n) is 5.42. The van der Waals surface area contributed by atoms with Crippen LogP contribution in [0.3, 0.4) is 0 Å². The van der Waals surface area contributed by atoms with Crippen molar-refractivity contribution in [3.05, 3.63) is 0 Å². The van der Waals surface area contributed by atoms with E-state index in [1.54, 1.807) is 11.8 Å². The van der Waals surface area contributed by atoms with Crippen LogP contribution in [0.5, 0.6) is 0 Å². The Kier molecular flexibility index (Phi) is 6.56. The SMILES string of the molecule is CCn1nnnc1SCC(=O)NCCCOC. The highest BCUT2D eigenvalue weighted by Gasteiger charge is 2.08. The minimum atomic E-state index is -0.0169. The molecule has 1 aromatic heterocycles. The van der Waals surface area contributed by atoms with Gasteiger partial charge in [-0.25, -0.2) is 4.68 Å². The number of ether oxygens (including phenoxy) is 1. The quantitative estimate of drug-likeness (QED) is 0.520. The summed E-state index contributed by atoms with van der Waals surface area (Å²) in [5, 5.41) is 14.6. The monoisotopic (exact) mass is 259 g/mol. The molecule has 0 aliphatic heterocycles. The second-order valence-electron chi connectivity index (χ2n) is 3.26. The predicted octanol–water partition coefficient (Wildman–Crippen LogP) is -0.0622. The summed E-state index contributed by atoms with van der Waals surface area (Å²) >= 11 is 1.33. The third-order valence-corrected chi connectivity index (χ3v) is 2.94. The van der Waals surface area contributed by atoms with Gasteiger partial charge in [0.2, 0.25) is 11.1 Å². The van der Waals surface area contributed by atoms with Crippen LogP contribution in [-0.2, 0) is 16.1 Å². The van der Waals surface area contributed by atoms with E-state index in [9.17, 15) is 4.79 Å². The molecule has 1 aromatic rings. The van der Waals surface area contributed by atoms with Crippen LogP contribution in [0.25, 0.3) is 0 Å². The molecule has 0 atom stereocenters. The summed E-state index contributed by atoms with van der Waals surface area (Å²) in [6, 6.07) is 0. The average molecular weight is 259 g/mol. The fraction of sp³-hybridized carbons (Fsp3) is 0.778. The Bertz CT molecular complexity index is 344. The molecule has 0 bridgehead atoms. The van der Waals surface area contributed by atoms with Gasteiger partial charge in [-0.05, 0) is 23.8 Å². The maximum absolute atomic E-state index is 11.5. The van der Waals surface area contributed by atoms with Crippen molar-refractivity contribution < 1.29 is 9.53 Å². The van der Waals surface area contributed by atoms with Crippen molar-refractivity contribution >= 4 is 17.7 Å². The zero-order chi connectivity index (χ0) is 12.5. The van der Waals surface area contributed by atoms with Crippen LogP contribution in [0.2, 0.25) is 0 Å². The van der Waals surface area contributed by atoms with Gasteiger partial charge in [0, 0.05) is 26.8 Å². The van der Waals surface area contributed by atoms with E-state index in [0.717, 1.165) is 6.42 Å². The number of methoxy groups -OCH3 is 1. The third-order valence-electron chi connectivity index (χ3n) is 1.98. The van der Waals surface area contributed by atoms with Gasteiger partial charge in [-0.3, -0.25) is 4.79 Å². The second-order valence-corrected chi connectivity index (χ2v) is 4.20. The van der Waals surface area contributed by atoms with E-state index in [4.69, 9.17) is 4.74 Å². The minimum Gasteiger partial charge on any atom is -0.385 e. The number of carbonyl (C=O) groups is 1. The van der Waals surface area contributed by atoms with Crippen LogP contribution in [0, 0.1) is 0 Å². The Hall–Kier alpha value is -1.15. The Morgan fingerprint density at radius 2 is 2.41 bits per heavy atom. The molecular weight excluding hydrogens is 242 g/mol. The first kappa shape index (κ1) is 13.9. The number of carbonyl (C=O) groups excluding carboxylic acids is 1. The molecule has 1 N–H and O–H groups in total. The molecule has 0 aliphatic rings. The van der Waals surface area contributed by atoms with Crippen molar-refractivity contribution in [1.82, 2.24) is 25.5 Å². The molecule has 0 aromatic carbocycles. The minimum absolute atomic E-state index is 0.0169. The lowest BCUT2D eigenvalue weighted by Gasteiger charge is -2.04. The highest BCUT2D eigenvalue weighted by Crippen LogP contribution is 2.12. The largest absolute Gasteiger partial charge is 0.385 e. The number of amides is 1. The third kappa shape index (κ3) is 5.14. The highest BCUT2D eigenvalue weighted by molar-refractivity contribution is 7.99. The molecule has 0 radical (unpaired) electrons. The van der Waals surface area contributed by atoms with E-state index >= 15 is 0 Å². The summed E-state index contributed by atoms with van der Waals surface area (Å²) in [5.41, 5.74) is 0. The van der Waals surface area contributed by atoms with Crippen molar-refractivity contribution in [2.24, 2.45) is 0 Å². The topological polar surface area (TPSA) is 81.9 Å². The van der Waals surface area contributed by atoms with Gasteiger partial charge in [-0.1, -0.05) is 11.8 Å². The van der Waals surface area contributed by atoms with Gasteiger partial charge in [0.1, 0.15) is 0 Å². The first-order chi connectivity index (χ1) is 8.27. The maximum atomic E-state index is 11.5. The molecule has 0 saturated heterocycles. The molecule has 17 heavy (non-hydrogen) atoms. The number of rotatable bonds is 8. The Morgan fingerprint density at radius 1 is 1.59 bits per heavy atom. The average Bonchev–Trinajstić information content (AvgIpc) is 2.79. The number of tetrazole rings is 1. The maximum Gasteiger partial charge on any atom is 0.230 e. The van der Waals surface area contributed by atoms with E-state index in [2.05, 4.69) is 20.8 Å². The fourth-order valence-corrected chi connectivity index (χ4v) is 1.89. The lowest BCUT2D eigenvalue weighted by molar-refractivity contribution is -0.118. The Morgan fingerprint density at radius 3 is 3.12 bits per heavy atom. The molecule has 1 heterocycles. The van der Waals surface area contributed by atoms with Crippen LogP contribution in [0.1, 0.15) is 13.3 Å². The van der Waals surface area contributed by atoms with Crippen LogP contribution in [0.4, 0.5) is 0 Å². The summed E-state index contributed by atoms with van der Waals surface area (Å²) in [6.45, 7) is 3.93. The number of nitrogens with zero attached hydrogens (tertiary/aromatic N) is 4. The van der Waals surface area contributed by atoms with Gasteiger partial charge in [0.25, 0.3) is 0 Å². The van der Waals surface area contributed by atoms with Crippen molar-refractivity contribution in [2.75, 3.05) is 26.0 Å². The molecule has 1 rings (SSSR count). The predicted molar refractivity (Wildman–Crippen MR) is 63.7 cm³/mol. The number of thioether (sulfide) groups is 1. The van der Waals surface area contributed by atoms with Gasteiger partial charge in [0.05, 0.1) is 5.75 Å². The molecule has 0 aliphatic carbocycles. The smallest absolute Gasteiger partial charge is 0.230 e. The van der Waals surface area contributed by atoms with Crippen molar-refractivity contribution in [3.63, 3.8) is 0 Å². The van der Waals surface area contributed by atoms with Gasteiger partial charge >= 0.3 is 0 Å². The van der Waals surface area contributed by atoms with Crippen molar-refractivity contribution in [3.8, 4) is 0 Å². The molecule has 8 heteroatoms. The second kappa shape index (κ2) is 8.02. The van der Waals surface area contributed by atoms with Crippen LogP contribution in [0.15, 0.2) is 5.16 Å². The van der Waals surface area contributed by atoms with E-state index in [0.29, 0.717) is 30.6 Å². The zero-order valence-corrected chi connectivity index (χ0v) is 10.9. The van der Waals surface area contributed by atoms with E-state index in [1.807, 2.05) is 6.92 Å². The van der Waals surface area contributed by atoms with Gasteiger partial charge in [-0.15, -0.1) is 5.10 Å². The number of hydrogen-bond donors (Lipinski definition) is 1. The number of aromatic nitrogens is 4. The number of nitrogens with one attached hydrogen (secondary N) is 1. The molecule has 1 amide bonds. The summed E-state index contributed by atoms with van der Waals surface area (Å²) in [5.74, 6) is 0.310. The standard InChI is InChI=1S/C9H17N5O2S/c1-3-14-9(11-12-13-14)17-7-8(15)10-5-4-6-16-2/h3-7H2,1-2H3,(H,10,15). The van der Waals surface area contributed by atoms with Crippen LogP contribution in [-0.4, -0.2) is 52.1 Å². The summed E-state index contributed by atoms with van der Waals surface area (Å²) in [4.78, 5) is 11.5. The molecule has 0 fully saturated rings. The molecule has 96 valence electrons. The summed E-state index contributed by atoms with van der Waals surface area (Å²) in [6.07, 6.45) is 0.819. The van der Waals surface area contributed by atoms with Crippen LogP contribution >= 0.6 is 11.8 Å². The van der Waals surface area contributed by atoms with Gasteiger partial charge < -0.3 is 10.1 Å². The Balaban J connectivity index is 2.19. The van der Waals surface area contributed by atoms with E-state index in [-0.39, 0.29) is 5.91 Å². The lowest BCUT2D eigenvalue weighted by atomic mass is 10.4. The molecular formula is C9H17N5O2S. The molecule has 0 unspecified atom stereocenters. The molecule has 7 nitrogen and oxygen atoms in total. The summed E-state index contributed by atoms with van der Waals surface area (Å²) in [7, 11) is 1.64. The van der Waals surface area contributed by atoms with Gasteiger partial charge in [-0.2, -0.15) is 0 Å². The lowest BCUT2D eigenvalue weighted by Crippen LogP contribution is -2.27. The molecule has 0 spiro atoms. The fourth-order valence-electron chi connectivity index (χ4n) is 1.12. The number of aryl methyl sites for hydroxylation is 1. The van der Waals surface area contributed by atoms with Crippen molar-refractivity contribution in [2.45, 2.75) is 25.0 Å². The van der Waals surface area contributed by atoms with E-state index < -0.39 is 0 Å². The first-order valence-corrected chi connectivity index (χ1v) is 6.41.